The molecule has 0 amide bonds. The van der Waals surface area contributed by atoms with Crippen LogP contribution in [0.1, 0.15) is 26.2 Å². The lowest BCUT2D eigenvalue weighted by Gasteiger charge is -2.30. The highest BCUT2D eigenvalue weighted by atomic mass is 16.6. The zero-order chi connectivity index (χ0) is 12.1. The predicted molar refractivity (Wildman–Crippen MR) is 56.5 cm³/mol. The molecule has 0 aliphatic carbocycles. The lowest BCUT2D eigenvalue weighted by Crippen LogP contribution is -2.45. The molecule has 0 aromatic rings. The van der Waals surface area contributed by atoms with E-state index in [0.717, 1.165) is 18.9 Å². The average molecular weight is 230 g/mol. The van der Waals surface area contributed by atoms with Gasteiger partial charge in [-0.2, -0.15) is 0 Å². The number of carbonyl (C=O) groups is 1. The Morgan fingerprint density at radius 1 is 1.62 bits per heavy atom. The second-order valence-corrected chi connectivity index (χ2v) is 3.81. The van der Waals surface area contributed by atoms with E-state index in [9.17, 15) is 15.0 Å². The van der Waals surface area contributed by atoms with E-state index in [1.54, 1.807) is 0 Å². The largest absolute Gasteiger partial charge is 0.498 e. The summed E-state index contributed by atoms with van der Waals surface area (Å²) in [5.41, 5.74) is 0. The predicted octanol–water partition coefficient (Wildman–Crippen LogP) is 0.354. The van der Waals surface area contributed by atoms with Crippen LogP contribution in [0, 0.1) is 0 Å². The van der Waals surface area contributed by atoms with Gasteiger partial charge >= 0.3 is 5.97 Å². The second kappa shape index (κ2) is 5.86. The van der Waals surface area contributed by atoms with Gasteiger partial charge < -0.3 is 19.7 Å². The molecule has 0 spiro atoms. The Balaban J connectivity index is 2.67. The van der Waals surface area contributed by atoms with E-state index >= 15 is 0 Å². The molecule has 3 atom stereocenters. The number of unbranched alkanes of at least 4 members (excludes halogenated alkanes) is 1. The van der Waals surface area contributed by atoms with Crippen molar-refractivity contribution in [2.45, 2.75) is 44.5 Å². The minimum Gasteiger partial charge on any atom is -0.498 e. The first-order chi connectivity index (χ1) is 7.60. The van der Waals surface area contributed by atoms with E-state index in [0.29, 0.717) is 6.42 Å². The van der Waals surface area contributed by atoms with Crippen molar-refractivity contribution in [1.82, 2.24) is 0 Å². The molecule has 0 aromatic carbocycles. The van der Waals surface area contributed by atoms with Crippen LogP contribution in [0.5, 0.6) is 0 Å². The van der Waals surface area contributed by atoms with Crippen molar-refractivity contribution in [2.75, 3.05) is 7.11 Å². The number of hydrogen-bond donors (Lipinski definition) is 2. The standard InChI is InChI=1S/C11H18O5/c1-3-4-5-7(12)11-10(14)8(15-2)6-9(13)16-11/h6-7,10-12,14H,3-5H2,1-2H3/t7-,10-,11+/m0/s1. The summed E-state index contributed by atoms with van der Waals surface area (Å²) in [5.74, 6) is -0.459. The van der Waals surface area contributed by atoms with Crippen LogP contribution in [-0.2, 0) is 14.3 Å². The molecular formula is C11H18O5. The highest BCUT2D eigenvalue weighted by Gasteiger charge is 2.36. The van der Waals surface area contributed by atoms with Crippen LogP contribution in [0.25, 0.3) is 0 Å². The summed E-state index contributed by atoms with van der Waals surface area (Å²) < 4.78 is 9.75. The number of aliphatic hydroxyl groups is 2. The first-order valence-electron chi connectivity index (χ1n) is 5.42. The first kappa shape index (κ1) is 13.0. The summed E-state index contributed by atoms with van der Waals surface area (Å²) >= 11 is 0. The normalized spacial score (nSPS) is 27.0. The van der Waals surface area contributed by atoms with Crippen LogP contribution < -0.4 is 0 Å². The molecule has 0 unspecified atom stereocenters. The summed E-state index contributed by atoms with van der Waals surface area (Å²) in [6, 6.07) is 0. The van der Waals surface area contributed by atoms with E-state index < -0.39 is 24.3 Å². The number of carbonyl (C=O) groups excluding carboxylic acids is 1. The molecule has 0 aromatic heterocycles. The van der Waals surface area contributed by atoms with Gasteiger partial charge in [-0.05, 0) is 6.42 Å². The summed E-state index contributed by atoms with van der Waals surface area (Å²) in [6.45, 7) is 2.00. The molecule has 0 saturated heterocycles. The molecule has 1 aliphatic heterocycles. The number of methoxy groups -OCH3 is 1. The highest BCUT2D eigenvalue weighted by Crippen LogP contribution is 2.21. The van der Waals surface area contributed by atoms with Gasteiger partial charge in [-0.15, -0.1) is 0 Å². The third-order valence-corrected chi connectivity index (χ3v) is 2.58. The Kier molecular flexibility index (Phi) is 4.76. The van der Waals surface area contributed by atoms with Crippen molar-refractivity contribution in [1.29, 1.82) is 0 Å². The van der Waals surface area contributed by atoms with Crippen LogP contribution in [0.2, 0.25) is 0 Å². The van der Waals surface area contributed by atoms with Crippen molar-refractivity contribution in [2.24, 2.45) is 0 Å². The maximum Gasteiger partial charge on any atom is 0.334 e. The third-order valence-electron chi connectivity index (χ3n) is 2.58. The molecule has 0 fully saturated rings. The molecule has 1 heterocycles. The summed E-state index contributed by atoms with van der Waals surface area (Å²) in [5, 5.41) is 19.6. The number of cyclic esters (lactones) is 1. The Morgan fingerprint density at radius 3 is 2.88 bits per heavy atom. The number of ether oxygens (including phenoxy) is 2. The van der Waals surface area contributed by atoms with Crippen molar-refractivity contribution in [3.05, 3.63) is 11.8 Å². The van der Waals surface area contributed by atoms with E-state index in [1.165, 1.54) is 7.11 Å². The van der Waals surface area contributed by atoms with E-state index in [1.807, 2.05) is 6.92 Å². The van der Waals surface area contributed by atoms with Gasteiger partial charge in [0.25, 0.3) is 0 Å². The van der Waals surface area contributed by atoms with Crippen molar-refractivity contribution in [3.63, 3.8) is 0 Å². The van der Waals surface area contributed by atoms with Crippen molar-refractivity contribution in [3.8, 4) is 0 Å². The Bertz CT molecular complexity index is 274. The fourth-order valence-corrected chi connectivity index (χ4v) is 1.64. The maximum atomic E-state index is 11.2. The molecule has 0 saturated carbocycles. The third kappa shape index (κ3) is 2.96. The van der Waals surface area contributed by atoms with Gasteiger partial charge in [0.2, 0.25) is 0 Å². The number of rotatable bonds is 5. The molecule has 5 nitrogen and oxygen atoms in total. The molecular weight excluding hydrogens is 212 g/mol. The zero-order valence-corrected chi connectivity index (χ0v) is 9.55. The lowest BCUT2D eigenvalue weighted by molar-refractivity contribution is -0.163. The Labute approximate surface area is 94.7 Å². The first-order valence-corrected chi connectivity index (χ1v) is 5.42. The molecule has 16 heavy (non-hydrogen) atoms. The monoisotopic (exact) mass is 230 g/mol. The number of esters is 1. The molecule has 1 aliphatic rings. The zero-order valence-electron chi connectivity index (χ0n) is 9.55. The van der Waals surface area contributed by atoms with Crippen LogP contribution in [0.4, 0.5) is 0 Å². The van der Waals surface area contributed by atoms with Gasteiger partial charge in [0.1, 0.15) is 5.76 Å². The van der Waals surface area contributed by atoms with E-state index in [2.05, 4.69) is 0 Å². The van der Waals surface area contributed by atoms with Crippen LogP contribution in [0.3, 0.4) is 0 Å². The quantitative estimate of drug-likeness (QED) is 0.667. The summed E-state index contributed by atoms with van der Waals surface area (Å²) in [7, 11) is 1.36. The van der Waals surface area contributed by atoms with Crippen molar-refractivity contribution >= 4 is 5.97 Å². The molecule has 2 N–H and O–H groups in total. The molecule has 92 valence electrons. The second-order valence-electron chi connectivity index (χ2n) is 3.81. The topological polar surface area (TPSA) is 76.0 Å². The van der Waals surface area contributed by atoms with Gasteiger partial charge in [-0.3, -0.25) is 0 Å². The van der Waals surface area contributed by atoms with Crippen LogP contribution in [0.15, 0.2) is 11.8 Å². The number of aliphatic hydroxyl groups excluding tert-OH is 2. The molecule has 0 radical (unpaired) electrons. The van der Waals surface area contributed by atoms with Gasteiger partial charge in [0, 0.05) is 0 Å². The van der Waals surface area contributed by atoms with Gasteiger partial charge in [-0.1, -0.05) is 19.8 Å². The Morgan fingerprint density at radius 2 is 2.31 bits per heavy atom. The SMILES string of the molecule is CCCC[C@H](O)[C@H]1OC(=O)C=C(OC)[C@@H]1O. The summed E-state index contributed by atoms with van der Waals surface area (Å²) in [6.07, 6.45) is 0.441. The summed E-state index contributed by atoms with van der Waals surface area (Å²) in [4.78, 5) is 11.2. The Hall–Kier alpha value is -1.07. The fraction of sp³-hybridized carbons (Fsp3) is 0.727. The highest BCUT2D eigenvalue weighted by molar-refractivity contribution is 5.83. The van der Waals surface area contributed by atoms with E-state index in [4.69, 9.17) is 9.47 Å². The van der Waals surface area contributed by atoms with Crippen LogP contribution in [-0.4, -0.2) is 41.6 Å². The van der Waals surface area contributed by atoms with Crippen molar-refractivity contribution < 1.29 is 24.5 Å². The minimum absolute atomic E-state index is 0.136. The van der Waals surface area contributed by atoms with Crippen LogP contribution >= 0.6 is 0 Å². The average Bonchev–Trinajstić information content (AvgIpc) is 2.28. The molecule has 0 bridgehead atoms. The van der Waals surface area contributed by atoms with Gasteiger partial charge in [0.15, 0.2) is 12.2 Å². The minimum atomic E-state index is -1.09. The lowest BCUT2D eigenvalue weighted by atomic mass is 9.99. The van der Waals surface area contributed by atoms with Gasteiger partial charge in [0.05, 0.1) is 19.3 Å². The van der Waals surface area contributed by atoms with Gasteiger partial charge in [-0.25, -0.2) is 4.79 Å². The molecule has 5 heteroatoms. The number of hydrogen-bond acceptors (Lipinski definition) is 5. The fourth-order valence-electron chi connectivity index (χ4n) is 1.64. The smallest absolute Gasteiger partial charge is 0.334 e. The van der Waals surface area contributed by atoms with E-state index in [-0.39, 0.29) is 5.76 Å². The maximum absolute atomic E-state index is 11.2. The molecule has 1 rings (SSSR count).